The summed E-state index contributed by atoms with van der Waals surface area (Å²) in [5, 5.41) is 9.02. The quantitative estimate of drug-likeness (QED) is 0.0905. The van der Waals surface area contributed by atoms with E-state index in [9.17, 15) is 0 Å². The molecule has 21 aromatic carbocycles. The first-order valence-corrected chi connectivity index (χ1v) is 42.4. The Balaban J connectivity index is 0.642. The van der Waals surface area contributed by atoms with E-state index in [0.717, 1.165) is 204 Å². The summed E-state index contributed by atoms with van der Waals surface area (Å²) in [5.74, 6) is 1.16. The Hall–Kier alpha value is -16.4. The number of aromatic nitrogens is 2. The van der Waals surface area contributed by atoms with Crippen LogP contribution in [0.15, 0.2) is 470 Å². The molecule has 0 fully saturated rings. The van der Waals surface area contributed by atoms with Gasteiger partial charge in [0.1, 0.15) is 11.0 Å². The molecule has 0 amide bonds. The molecule has 0 unspecified atom stereocenters. The summed E-state index contributed by atoms with van der Waals surface area (Å²) < 4.78 is 13.8. The molecule has 23 rings (SSSR count). The van der Waals surface area contributed by atoms with Crippen LogP contribution < -0.4 is 0 Å². The maximum atomic E-state index is 7.17. The van der Waals surface area contributed by atoms with E-state index >= 15 is 0 Å². The maximum absolute atomic E-state index is 7.17. The molecule has 0 atom stereocenters. The van der Waals surface area contributed by atoms with Crippen molar-refractivity contribution in [2.24, 2.45) is 0 Å². The smallest absolute Gasteiger partial charge is 0.228 e. The van der Waals surface area contributed by atoms with Gasteiger partial charge in [-0.3, -0.25) is 0 Å². The van der Waals surface area contributed by atoms with Crippen molar-refractivity contribution in [1.82, 2.24) is 9.97 Å². The maximum Gasteiger partial charge on any atom is 0.228 e. The minimum Gasteiger partial charge on any atom is -0.436 e. The first kappa shape index (κ1) is 72.8. The molecular weight excluding hydrogens is 1500 g/mol. The third-order valence-electron chi connectivity index (χ3n) is 24.7. The van der Waals surface area contributed by atoms with Gasteiger partial charge < -0.3 is 8.83 Å². The fourth-order valence-electron chi connectivity index (χ4n) is 19.3. The van der Waals surface area contributed by atoms with Gasteiger partial charge in [-0.1, -0.05) is 406 Å². The summed E-state index contributed by atoms with van der Waals surface area (Å²) in [6.45, 7) is 0. The van der Waals surface area contributed by atoms with Gasteiger partial charge in [-0.05, 0) is 248 Å². The average Bonchev–Trinajstić information content (AvgIpc) is 1.59. The van der Waals surface area contributed by atoms with Crippen LogP contribution in [0.1, 0.15) is 0 Å². The number of fused-ring (bicyclic) bond motifs is 6. The van der Waals surface area contributed by atoms with Gasteiger partial charge >= 0.3 is 0 Å². The lowest BCUT2D eigenvalue weighted by molar-refractivity contribution is 0.620. The number of benzene rings is 21. The Bertz CT molecular complexity index is 7890. The fourth-order valence-corrected chi connectivity index (χ4v) is 19.3. The molecule has 0 radical (unpaired) electrons. The highest BCUT2D eigenvalue weighted by Crippen LogP contribution is 2.56. The van der Waals surface area contributed by atoms with Crippen molar-refractivity contribution < 1.29 is 8.83 Å². The van der Waals surface area contributed by atoms with Crippen LogP contribution in [0.3, 0.4) is 0 Å². The molecule has 0 aliphatic carbocycles. The molecule has 578 valence electrons. The summed E-state index contributed by atoms with van der Waals surface area (Å²) in [6.07, 6.45) is 0. The van der Waals surface area contributed by atoms with Crippen LogP contribution in [-0.4, -0.2) is 9.97 Å². The second kappa shape index (κ2) is 31.1. The molecule has 0 spiro atoms. The van der Waals surface area contributed by atoms with Crippen LogP contribution >= 0.6 is 0 Å². The molecule has 124 heavy (non-hydrogen) atoms. The number of nitrogens with zero attached hydrogens (tertiary/aromatic N) is 2. The monoisotopic (exact) mass is 1580 g/mol. The Kier molecular flexibility index (Phi) is 18.2. The average molecular weight is 1580 g/mol. The van der Waals surface area contributed by atoms with Gasteiger partial charge in [-0.25, -0.2) is 9.97 Å². The molecule has 0 saturated carbocycles. The Morgan fingerprint density at radius 1 is 0.137 bits per heavy atom. The Morgan fingerprint density at radius 2 is 0.395 bits per heavy atom. The highest BCUT2D eigenvalue weighted by Gasteiger charge is 2.30. The van der Waals surface area contributed by atoms with E-state index < -0.39 is 0 Å². The predicted molar refractivity (Wildman–Crippen MR) is 519 cm³/mol. The number of rotatable bonds is 16. The molecule has 0 saturated heterocycles. The molecule has 0 bridgehead atoms. The van der Waals surface area contributed by atoms with Crippen LogP contribution in [-0.2, 0) is 0 Å². The highest BCUT2D eigenvalue weighted by molar-refractivity contribution is 6.24. The van der Waals surface area contributed by atoms with Crippen LogP contribution in [0.4, 0.5) is 0 Å². The predicted octanol–water partition coefficient (Wildman–Crippen LogP) is 33.3. The molecule has 4 nitrogen and oxygen atoms in total. The van der Waals surface area contributed by atoms with E-state index in [0.29, 0.717) is 11.8 Å². The van der Waals surface area contributed by atoms with Gasteiger partial charge in [-0.2, -0.15) is 0 Å². The van der Waals surface area contributed by atoms with Gasteiger partial charge in [0.25, 0.3) is 0 Å². The number of oxazole rings is 2. The first-order chi connectivity index (χ1) is 61.5. The van der Waals surface area contributed by atoms with E-state index in [1.807, 2.05) is 24.3 Å². The molecule has 2 heterocycles. The summed E-state index contributed by atoms with van der Waals surface area (Å²) in [7, 11) is 0. The fraction of sp³-hybridized carbons (Fsp3) is 0. The first-order valence-electron chi connectivity index (χ1n) is 42.4. The molecule has 0 N–H and O–H groups in total. The van der Waals surface area contributed by atoms with Crippen molar-refractivity contribution in [2.45, 2.75) is 0 Å². The molecule has 23 aromatic rings. The Morgan fingerprint density at radius 3 is 0.782 bits per heavy atom. The third-order valence-corrected chi connectivity index (χ3v) is 24.7. The normalized spacial score (nSPS) is 11.5. The number of hydrogen-bond donors (Lipinski definition) is 0. The van der Waals surface area contributed by atoms with Crippen molar-refractivity contribution in [3.05, 3.63) is 461 Å². The van der Waals surface area contributed by atoms with Gasteiger partial charge in [0, 0.05) is 11.1 Å². The second-order valence-corrected chi connectivity index (χ2v) is 31.9. The van der Waals surface area contributed by atoms with E-state index in [2.05, 4.69) is 437 Å². The zero-order chi connectivity index (χ0) is 82.0. The van der Waals surface area contributed by atoms with Gasteiger partial charge in [-0.15, -0.1) is 0 Å². The Labute approximate surface area is 718 Å². The lowest BCUT2D eigenvalue weighted by Crippen LogP contribution is -1.98. The summed E-state index contributed by atoms with van der Waals surface area (Å²) >= 11 is 0. The van der Waals surface area contributed by atoms with E-state index in [1.165, 1.54) is 27.8 Å². The number of para-hydroxylation sites is 3. The topological polar surface area (TPSA) is 52.1 Å². The zero-order valence-electron chi connectivity index (χ0n) is 67.6. The van der Waals surface area contributed by atoms with E-state index in [1.54, 1.807) is 0 Å². The van der Waals surface area contributed by atoms with Crippen LogP contribution in [0.25, 0.3) is 244 Å². The zero-order valence-corrected chi connectivity index (χ0v) is 67.6. The number of hydrogen-bond acceptors (Lipinski definition) is 4. The minimum absolute atomic E-state index is 0.549. The largest absolute Gasteiger partial charge is 0.436 e. The third kappa shape index (κ3) is 12.8. The van der Waals surface area contributed by atoms with Crippen LogP contribution in [0.2, 0.25) is 0 Å². The van der Waals surface area contributed by atoms with Crippen molar-refractivity contribution in [1.29, 1.82) is 0 Å². The second-order valence-electron chi connectivity index (χ2n) is 31.9. The van der Waals surface area contributed by atoms with Crippen molar-refractivity contribution in [2.75, 3.05) is 0 Å². The van der Waals surface area contributed by atoms with Crippen molar-refractivity contribution in [3.8, 4) is 179 Å². The van der Waals surface area contributed by atoms with Crippen LogP contribution in [0, 0.1) is 0 Å². The molecule has 0 aliphatic rings. The molecule has 2 aromatic heterocycles. The molecule has 4 heteroatoms. The SMILES string of the molecule is c1ccc(-c2cc(-c3cccc(-c4c5ccccc5c(-c5cccc(-c6nc7cccc(-c8ccc(-c9c(-c%10ccccc%10)c(-c%10ccccc%10)cc(-c%10cccc(-c%11c%12ccccc%12c(-c%12nc%13ccccc%13o%12)c%12ccccc%11%12)c%10)c9-c9ccccc9)cc8)c7o6)c5)c5ccccc45)c3)c(-c3ccccc3)c(-c3ccccc3)c2-c2ccccc2)cc1. The lowest BCUT2D eigenvalue weighted by atomic mass is 9.78. The van der Waals surface area contributed by atoms with Crippen molar-refractivity contribution >= 4 is 65.3 Å². The minimum atomic E-state index is 0.549. The van der Waals surface area contributed by atoms with Crippen molar-refractivity contribution in [3.63, 3.8) is 0 Å². The van der Waals surface area contributed by atoms with Gasteiger partial charge in [0.2, 0.25) is 11.8 Å². The summed E-state index contributed by atoms with van der Waals surface area (Å²) in [5.41, 5.74) is 36.5. The molecular formula is C120H76N2O2. The lowest BCUT2D eigenvalue weighted by Gasteiger charge is -2.25. The summed E-state index contributed by atoms with van der Waals surface area (Å²) in [4.78, 5) is 10.4. The summed E-state index contributed by atoms with van der Waals surface area (Å²) in [6, 6.07) is 167. The van der Waals surface area contributed by atoms with Crippen LogP contribution in [0.5, 0.6) is 0 Å². The van der Waals surface area contributed by atoms with Gasteiger partial charge in [0.15, 0.2) is 11.2 Å². The van der Waals surface area contributed by atoms with E-state index in [-0.39, 0.29) is 0 Å². The van der Waals surface area contributed by atoms with Gasteiger partial charge in [0.05, 0.1) is 5.56 Å². The molecule has 0 aliphatic heterocycles. The standard InChI is InChI=1S/C120H76N2O2/c1-8-36-77(37-9-1)101-75-103(113(82-44-16-5-17-45-82)115(84-48-20-7-21-49-84)111(101)80-40-12-3-13-41-80)86-50-32-52-88(72-86)108-93-56-22-24-58-95(93)110(96-59-25-23-57-94(96)108)90-54-34-55-91(74-90)119-122-106-66-35-64-92(118(106)124-119)79-68-70-85(71-69-79)116-112(81-42-14-4-15-43-81)102(78-38-10-2-11-39-78)76-104(114(116)83-46-18-6-19-47-83)87-51-33-53-89(73-87)109-97-60-26-28-62-99(97)117(100-63-29-27-61-98(100)109)120-121-105-65-30-31-67-107(105)123-120/h1-76H. The highest BCUT2D eigenvalue weighted by atomic mass is 16.4. The van der Waals surface area contributed by atoms with E-state index in [4.69, 9.17) is 18.8 Å².